The Labute approximate surface area is 150 Å². The number of benzene rings is 2. The lowest BCUT2D eigenvalue weighted by Crippen LogP contribution is -2.50. The SMILES string of the molecule is COc1ccccc1OCC(=O)N1CCN(c2c(F)cccc2F)CC1. The average molecular weight is 362 g/mol. The smallest absolute Gasteiger partial charge is 0.260 e. The summed E-state index contributed by atoms with van der Waals surface area (Å²) in [6.07, 6.45) is 0. The summed E-state index contributed by atoms with van der Waals surface area (Å²) >= 11 is 0. The minimum atomic E-state index is -0.593. The summed E-state index contributed by atoms with van der Waals surface area (Å²) < 4.78 is 38.5. The van der Waals surface area contributed by atoms with Crippen LogP contribution in [0.4, 0.5) is 14.5 Å². The van der Waals surface area contributed by atoms with Crippen LogP contribution in [-0.4, -0.2) is 50.7 Å². The minimum absolute atomic E-state index is 0.0372. The standard InChI is InChI=1S/C19H20F2N2O3/c1-25-16-7-2-3-8-17(16)26-13-18(24)22-9-11-23(12-10-22)19-14(20)5-4-6-15(19)21/h2-8H,9-13H2,1H3. The normalized spacial score (nSPS) is 14.3. The van der Waals surface area contributed by atoms with Crippen LogP contribution in [0.15, 0.2) is 42.5 Å². The zero-order chi connectivity index (χ0) is 18.5. The van der Waals surface area contributed by atoms with Gasteiger partial charge in [0.1, 0.15) is 17.3 Å². The number of halogens is 2. The van der Waals surface area contributed by atoms with Crippen LogP contribution >= 0.6 is 0 Å². The third kappa shape index (κ3) is 3.87. The molecule has 5 nitrogen and oxygen atoms in total. The lowest BCUT2D eigenvalue weighted by atomic mass is 10.2. The Morgan fingerprint density at radius 2 is 1.58 bits per heavy atom. The minimum Gasteiger partial charge on any atom is -0.493 e. The van der Waals surface area contributed by atoms with Crippen LogP contribution in [0.3, 0.4) is 0 Å². The summed E-state index contributed by atoms with van der Waals surface area (Å²) in [7, 11) is 1.53. The van der Waals surface area contributed by atoms with Gasteiger partial charge in [-0.25, -0.2) is 8.78 Å². The molecule has 138 valence electrons. The van der Waals surface area contributed by atoms with Crippen molar-refractivity contribution in [1.29, 1.82) is 0 Å². The van der Waals surface area contributed by atoms with Gasteiger partial charge in [-0.15, -0.1) is 0 Å². The van der Waals surface area contributed by atoms with Crippen molar-refractivity contribution >= 4 is 11.6 Å². The van der Waals surface area contributed by atoms with Gasteiger partial charge in [0, 0.05) is 26.2 Å². The van der Waals surface area contributed by atoms with Crippen molar-refractivity contribution in [3.63, 3.8) is 0 Å². The van der Waals surface area contributed by atoms with Crippen LogP contribution in [0.5, 0.6) is 11.5 Å². The first-order valence-corrected chi connectivity index (χ1v) is 8.32. The number of nitrogens with zero attached hydrogens (tertiary/aromatic N) is 2. The maximum Gasteiger partial charge on any atom is 0.260 e. The van der Waals surface area contributed by atoms with Crippen molar-refractivity contribution in [2.24, 2.45) is 0 Å². The van der Waals surface area contributed by atoms with E-state index in [9.17, 15) is 13.6 Å². The summed E-state index contributed by atoms with van der Waals surface area (Å²) in [5.41, 5.74) is -0.0372. The average Bonchev–Trinajstić information content (AvgIpc) is 2.66. The highest BCUT2D eigenvalue weighted by atomic mass is 19.1. The molecule has 7 heteroatoms. The predicted molar refractivity (Wildman–Crippen MR) is 93.6 cm³/mol. The predicted octanol–water partition coefficient (Wildman–Crippen LogP) is 2.70. The topological polar surface area (TPSA) is 42.0 Å². The number of anilines is 1. The van der Waals surface area contributed by atoms with Crippen molar-refractivity contribution in [2.75, 3.05) is 44.8 Å². The van der Waals surface area contributed by atoms with Crippen molar-refractivity contribution < 1.29 is 23.0 Å². The summed E-state index contributed by atoms with van der Waals surface area (Å²) in [4.78, 5) is 15.6. The Balaban J connectivity index is 1.55. The van der Waals surface area contributed by atoms with E-state index in [1.165, 1.54) is 25.3 Å². The molecule has 1 aliphatic rings. The first kappa shape index (κ1) is 18.0. The molecule has 0 radical (unpaired) electrons. The van der Waals surface area contributed by atoms with E-state index in [2.05, 4.69) is 0 Å². The molecule has 2 aromatic rings. The summed E-state index contributed by atoms with van der Waals surface area (Å²) in [6, 6.07) is 10.9. The number of carbonyl (C=O) groups excluding carboxylic acids is 1. The lowest BCUT2D eigenvalue weighted by molar-refractivity contribution is -0.133. The second-order valence-corrected chi connectivity index (χ2v) is 5.88. The largest absolute Gasteiger partial charge is 0.493 e. The second kappa shape index (κ2) is 8.03. The van der Waals surface area contributed by atoms with Gasteiger partial charge >= 0.3 is 0 Å². The van der Waals surface area contributed by atoms with Gasteiger partial charge in [-0.3, -0.25) is 4.79 Å². The zero-order valence-electron chi connectivity index (χ0n) is 14.5. The highest BCUT2D eigenvalue weighted by Gasteiger charge is 2.25. The molecule has 2 aromatic carbocycles. The molecular formula is C19H20F2N2O3. The summed E-state index contributed by atoms with van der Waals surface area (Å²) in [6.45, 7) is 1.36. The molecule has 0 unspecified atom stereocenters. The second-order valence-electron chi connectivity index (χ2n) is 5.88. The molecule has 1 heterocycles. The fourth-order valence-corrected chi connectivity index (χ4v) is 2.94. The quantitative estimate of drug-likeness (QED) is 0.820. The molecule has 1 aliphatic heterocycles. The number of ether oxygens (including phenoxy) is 2. The first-order valence-electron chi connectivity index (χ1n) is 8.32. The molecule has 0 saturated carbocycles. The van der Waals surface area contributed by atoms with Gasteiger partial charge in [-0.2, -0.15) is 0 Å². The van der Waals surface area contributed by atoms with Crippen LogP contribution in [-0.2, 0) is 4.79 Å². The third-order valence-corrected chi connectivity index (χ3v) is 4.31. The number of hydrogen-bond donors (Lipinski definition) is 0. The van der Waals surface area contributed by atoms with Gasteiger partial charge in [0.05, 0.1) is 7.11 Å². The number of carbonyl (C=O) groups is 1. The fraction of sp³-hybridized carbons (Fsp3) is 0.316. The number of methoxy groups -OCH3 is 1. The van der Waals surface area contributed by atoms with Crippen molar-refractivity contribution in [1.82, 2.24) is 4.90 Å². The number of rotatable bonds is 5. The monoisotopic (exact) mass is 362 g/mol. The van der Waals surface area contributed by atoms with Crippen LogP contribution in [0, 0.1) is 11.6 Å². The number of amides is 1. The molecular weight excluding hydrogens is 342 g/mol. The Morgan fingerprint density at radius 3 is 2.19 bits per heavy atom. The van der Waals surface area contributed by atoms with Crippen LogP contribution < -0.4 is 14.4 Å². The van der Waals surface area contributed by atoms with E-state index in [-0.39, 0.29) is 18.2 Å². The maximum absolute atomic E-state index is 13.9. The number of hydrogen-bond acceptors (Lipinski definition) is 4. The van der Waals surface area contributed by atoms with Gasteiger partial charge in [0.25, 0.3) is 5.91 Å². The molecule has 0 bridgehead atoms. The highest BCUT2D eigenvalue weighted by molar-refractivity contribution is 5.78. The number of piperazine rings is 1. The fourth-order valence-electron chi connectivity index (χ4n) is 2.94. The van der Waals surface area contributed by atoms with Crippen molar-refractivity contribution in [3.8, 4) is 11.5 Å². The molecule has 0 aliphatic carbocycles. The Hall–Kier alpha value is -2.83. The van der Waals surface area contributed by atoms with E-state index in [0.717, 1.165) is 0 Å². The van der Waals surface area contributed by atoms with Crippen molar-refractivity contribution in [3.05, 3.63) is 54.1 Å². The van der Waals surface area contributed by atoms with E-state index in [4.69, 9.17) is 9.47 Å². The van der Waals surface area contributed by atoms with Gasteiger partial charge in [0.15, 0.2) is 18.1 Å². The van der Waals surface area contributed by atoms with Crippen LogP contribution in [0.25, 0.3) is 0 Å². The molecule has 0 N–H and O–H groups in total. The Morgan fingerprint density at radius 1 is 0.962 bits per heavy atom. The van der Waals surface area contributed by atoms with E-state index in [0.29, 0.717) is 37.7 Å². The van der Waals surface area contributed by atoms with E-state index < -0.39 is 11.6 Å². The van der Waals surface area contributed by atoms with Crippen LogP contribution in [0.1, 0.15) is 0 Å². The molecule has 26 heavy (non-hydrogen) atoms. The van der Waals surface area contributed by atoms with Gasteiger partial charge in [-0.05, 0) is 24.3 Å². The molecule has 1 amide bonds. The van der Waals surface area contributed by atoms with Crippen molar-refractivity contribution in [2.45, 2.75) is 0 Å². The van der Waals surface area contributed by atoms with E-state index in [1.54, 1.807) is 28.0 Å². The molecule has 3 rings (SSSR count). The van der Waals surface area contributed by atoms with E-state index in [1.807, 2.05) is 6.07 Å². The maximum atomic E-state index is 13.9. The molecule has 0 atom stereocenters. The molecule has 1 saturated heterocycles. The molecule has 0 spiro atoms. The van der Waals surface area contributed by atoms with Gasteiger partial charge < -0.3 is 19.3 Å². The van der Waals surface area contributed by atoms with Gasteiger partial charge in [-0.1, -0.05) is 18.2 Å². The highest BCUT2D eigenvalue weighted by Crippen LogP contribution is 2.26. The molecule has 0 aromatic heterocycles. The summed E-state index contributed by atoms with van der Waals surface area (Å²) in [5, 5.41) is 0. The first-order chi connectivity index (χ1) is 12.6. The molecule has 1 fully saturated rings. The van der Waals surface area contributed by atoms with E-state index >= 15 is 0 Å². The summed E-state index contributed by atoms with van der Waals surface area (Å²) in [5.74, 6) is -0.311. The zero-order valence-corrected chi connectivity index (χ0v) is 14.5. The lowest BCUT2D eigenvalue weighted by Gasteiger charge is -2.36. The van der Waals surface area contributed by atoms with Crippen LogP contribution in [0.2, 0.25) is 0 Å². The third-order valence-electron chi connectivity index (χ3n) is 4.31. The van der Waals surface area contributed by atoms with Gasteiger partial charge in [0.2, 0.25) is 0 Å². The Kier molecular flexibility index (Phi) is 5.55. The Bertz CT molecular complexity index is 757. The number of para-hydroxylation sites is 3.